The molecule has 7 heteroatoms. The highest BCUT2D eigenvalue weighted by Crippen LogP contribution is 2.30. The zero-order chi connectivity index (χ0) is 11.6. The Bertz CT molecular complexity index is 207. The maximum absolute atomic E-state index is 10.4. The summed E-state index contributed by atoms with van der Waals surface area (Å²) >= 11 is 0. The van der Waals surface area contributed by atoms with Crippen LogP contribution in [-0.4, -0.2) is 54.3 Å². The fraction of sp³-hybridized carbons (Fsp3) is 0.857. The lowest BCUT2D eigenvalue weighted by atomic mass is 9.88. The molecule has 0 fully saturated rings. The van der Waals surface area contributed by atoms with Gasteiger partial charge in [0.1, 0.15) is 0 Å². The van der Waals surface area contributed by atoms with Crippen molar-refractivity contribution in [3.05, 3.63) is 0 Å². The summed E-state index contributed by atoms with van der Waals surface area (Å²) in [6.45, 7) is 1.51. The van der Waals surface area contributed by atoms with Gasteiger partial charge < -0.3 is 30.6 Å². The van der Waals surface area contributed by atoms with Gasteiger partial charge in [0, 0.05) is 0 Å². The molecular formula is C7H14O7. The number of carbonyl (C=O) groups excluding carboxylic acids is 1. The minimum atomic E-state index is -3.99. The molecule has 0 aliphatic carbocycles. The van der Waals surface area contributed by atoms with Crippen molar-refractivity contribution in [1.29, 1.82) is 0 Å². The number of carbonyl (C=O) groups is 1. The summed E-state index contributed by atoms with van der Waals surface area (Å²) < 4.78 is 0. The molecule has 0 rings (SSSR count). The normalized spacial score (nSPS) is 17.6. The summed E-state index contributed by atoms with van der Waals surface area (Å²) in [6.07, 6.45) is -0.560. The second-order valence-corrected chi connectivity index (χ2v) is 3.10. The van der Waals surface area contributed by atoms with E-state index in [0.717, 1.165) is 0 Å². The van der Waals surface area contributed by atoms with Crippen LogP contribution in [0.15, 0.2) is 0 Å². The first-order valence-electron chi connectivity index (χ1n) is 3.93. The van der Waals surface area contributed by atoms with Crippen LogP contribution >= 0.6 is 0 Å². The molecule has 84 valence electrons. The predicted octanol–water partition coefficient (Wildman–Crippen LogP) is -2.97. The molecule has 0 aromatic heterocycles. The highest BCUT2D eigenvalue weighted by molar-refractivity contribution is 5.64. The summed E-state index contributed by atoms with van der Waals surface area (Å²) in [4.78, 5) is 10.4. The van der Waals surface area contributed by atoms with Crippen LogP contribution < -0.4 is 0 Å². The standard InChI is InChI=1S/C7H14O7/c1-2-3-5(9,4-8)6(10,11)7(12,13)14/h4,9-14H,2-3H2,1H3. The van der Waals surface area contributed by atoms with Gasteiger partial charge in [-0.15, -0.1) is 0 Å². The Morgan fingerprint density at radius 3 is 1.71 bits per heavy atom. The van der Waals surface area contributed by atoms with Gasteiger partial charge in [-0.05, 0) is 6.42 Å². The van der Waals surface area contributed by atoms with Crippen molar-refractivity contribution in [3.8, 4) is 0 Å². The van der Waals surface area contributed by atoms with Gasteiger partial charge in [-0.2, -0.15) is 0 Å². The lowest BCUT2D eigenvalue weighted by Crippen LogP contribution is -2.68. The van der Waals surface area contributed by atoms with Gasteiger partial charge in [-0.1, -0.05) is 13.3 Å². The number of hydrogen-bond donors (Lipinski definition) is 6. The van der Waals surface area contributed by atoms with Crippen LogP contribution in [0.2, 0.25) is 0 Å². The summed E-state index contributed by atoms with van der Waals surface area (Å²) in [7, 11) is 0. The molecule has 0 amide bonds. The maximum Gasteiger partial charge on any atom is 0.336 e. The van der Waals surface area contributed by atoms with Crippen molar-refractivity contribution in [1.82, 2.24) is 0 Å². The van der Waals surface area contributed by atoms with E-state index >= 15 is 0 Å². The molecule has 1 atom stereocenters. The van der Waals surface area contributed by atoms with Crippen molar-refractivity contribution in [2.24, 2.45) is 0 Å². The van der Waals surface area contributed by atoms with Crippen LogP contribution in [0.4, 0.5) is 0 Å². The third kappa shape index (κ3) is 2.08. The van der Waals surface area contributed by atoms with E-state index in [0.29, 0.717) is 0 Å². The first-order valence-corrected chi connectivity index (χ1v) is 3.93. The SMILES string of the molecule is CCCC(O)(C=O)C(O)(O)C(O)(O)O. The average molecular weight is 210 g/mol. The molecule has 0 aromatic carbocycles. The zero-order valence-electron chi connectivity index (χ0n) is 7.58. The first kappa shape index (κ1) is 13.4. The van der Waals surface area contributed by atoms with Crippen molar-refractivity contribution < 1.29 is 35.4 Å². The van der Waals surface area contributed by atoms with Crippen molar-refractivity contribution in [3.63, 3.8) is 0 Å². The summed E-state index contributed by atoms with van der Waals surface area (Å²) in [5.41, 5.74) is -2.85. The fourth-order valence-corrected chi connectivity index (χ4v) is 0.987. The second kappa shape index (κ2) is 3.89. The largest absolute Gasteiger partial charge is 0.377 e. The molecule has 6 N–H and O–H groups in total. The van der Waals surface area contributed by atoms with E-state index < -0.39 is 23.8 Å². The quantitative estimate of drug-likeness (QED) is 0.210. The van der Waals surface area contributed by atoms with Crippen molar-refractivity contribution in [2.75, 3.05) is 0 Å². The van der Waals surface area contributed by atoms with Gasteiger partial charge in [-0.3, -0.25) is 4.79 Å². The van der Waals surface area contributed by atoms with E-state index in [1.165, 1.54) is 6.92 Å². The van der Waals surface area contributed by atoms with Crippen LogP contribution in [0, 0.1) is 0 Å². The molecule has 0 bridgehead atoms. The molecular weight excluding hydrogens is 196 g/mol. The highest BCUT2D eigenvalue weighted by atomic mass is 16.7. The number of rotatable bonds is 5. The van der Waals surface area contributed by atoms with E-state index in [4.69, 9.17) is 25.5 Å². The van der Waals surface area contributed by atoms with E-state index in [1.54, 1.807) is 0 Å². The lowest BCUT2D eigenvalue weighted by Gasteiger charge is -2.39. The van der Waals surface area contributed by atoms with Crippen LogP contribution in [0.5, 0.6) is 0 Å². The molecule has 14 heavy (non-hydrogen) atoms. The Morgan fingerprint density at radius 1 is 1.07 bits per heavy atom. The van der Waals surface area contributed by atoms with Gasteiger partial charge in [0.2, 0.25) is 0 Å². The third-order valence-electron chi connectivity index (χ3n) is 1.90. The molecule has 1 unspecified atom stereocenters. The molecule has 0 aliphatic rings. The zero-order valence-corrected chi connectivity index (χ0v) is 7.58. The summed E-state index contributed by atoms with van der Waals surface area (Å²) in [5, 5.41) is 53.0. The molecule has 0 aliphatic heterocycles. The molecule has 0 aromatic rings. The van der Waals surface area contributed by atoms with Crippen LogP contribution in [0.1, 0.15) is 19.8 Å². The topological polar surface area (TPSA) is 138 Å². The Hall–Kier alpha value is -0.570. The Kier molecular flexibility index (Phi) is 3.73. The van der Waals surface area contributed by atoms with E-state index in [1.807, 2.05) is 0 Å². The number of aldehydes is 1. The van der Waals surface area contributed by atoms with Gasteiger partial charge in [-0.25, -0.2) is 0 Å². The van der Waals surface area contributed by atoms with Crippen molar-refractivity contribution >= 4 is 6.29 Å². The summed E-state index contributed by atoms with van der Waals surface area (Å²) in [6, 6.07) is 0. The van der Waals surface area contributed by atoms with Gasteiger partial charge in [0.15, 0.2) is 11.9 Å². The van der Waals surface area contributed by atoms with Crippen LogP contribution in [-0.2, 0) is 4.79 Å². The number of aliphatic hydroxyl groups is 6. The summed E-state index contributed by atoms with van der Waals surface area (Å²) in [5.74, 6) is -7.74. The smallest absolute Gasteiger partial charge is 0.336 e. The third-order valence-corrected chi connectivity index (χ3v) is 1.90. The Balaban J connectivity index is 5.10. The Labute approximate surface area is 79.9 Å². The number of hydrogen-bond acceptors (Lipinski definition) is 7. The second-order valence-electron chi connectivity index (χ2n) is 3.10. The molecule has 0 heterocycles. The molecule has 7 nitrogen and oxygen atoms in total. The van der Waals surface area contributed by atoms with E-state index in [9.17, 15) is 9.90 Å². The minimum absolute atomic E-state index is 0.161. The molecule has 0 spiro atoms. The molecule has 0 saturated carbocycles. The van der Waals surface area contributed by atoms with Gasteiger partial charge >= 0.3 is 5.97 Å². The van der Waals surface area contributed by atoms with Gasteiger partial charge in [0.25, 0.3) is 5.79 Å². The van der Waals surface area contributed by atoms with E-state index in [2.05, 4.69) is 0 Å². The molecule has 0 saturated heterocycles. The monoisotopic (exact) mass is 210 g/mol. The van der Waals surface area contributed by atoms with E-state index in [-0.39, 0.29) is 12.7 Å². The van der Waals surface area contributed by atoms with Gasteiger partial charge in [0.05, 0.1) is 0 Å². The lowest BCUT2D eigenvalue weighted by molar-refractivity contribution is -0.473. The highest BCUT2D eigenvalue weighted by Gasteiger charge is 2.61. The first-order chi connectivity index (χ1) is 6.12. The molecule has 0 radical (unpaired) electrons. The van der Waals surface area contributed by atoms with Crippen LogP contribution in [0.3, 0.4) is 0 Å². The predicted molar refractivity (Wildman–Crippen MR) is 42.5 cm³/mol. The van der Waals surface area contributed by atoms with Crippen LogP contribution in [0.25, 0.3) is 0 Å². The van der Waals surface area contributed by atoms with Crippen molar-refractivity contribution in [2.45, 2.75) is 37.1 Å². The minimum Gasteiger partial charge on any atom is -0.377 e. The Morgan fingerprint density at radius 2 is 1.50 bits per heavy atom. The maximum atomic E-state index is 10.4. The average Bonchev–Trinajstić information content (AvgIpc) is 2.02. The fourth-order valence-electron chi connectivity index (χ4n) is 0.987.